The van der Waals surface area contributed by atoms with E-state index >= 15 is 0 Å². The van der Waals surface area contributed by atoms with E-state index in [0.29, 0.717) is 17.9 Å². The molecule has 1 rings (SSSR count). The van der Waals surface area contributed by atoms with Crippen molar-refractivity contribution in [1.29, 1.82) is 0 Å². The molecule has 1 aromatic rings. The highest BCUT2D eigenvalue weighted by Gasteiger charge is 2.07. The Hall–Kier alpha value is -1.77. The molecule has 0 atom stereocenters. The largest absolute Gasteiger partial charge is 0.494 e. The number of carbonyl (C=O) groups is 1. The number of aliphatic carboxylic acids is 1. The molecule has 0 saturated carbocycles. The summed E-state index contributed by atoms with van der Waals surface area (Å²) in [6.45, 7) is 6.13. The van der Waals surface area contributed by atoms with Crippen LogP contribution >= 0.6 is 0 Å². The zero-order chi connectivity index (χ0) is 11.3. The van der Waals surface area contributed by atoms with Gasteiger partial charge in [0.2, 0.25) is 0 Å². The smallest absolute Gasteiger partial charge is 0.335 e. The molecule has 0 heterocycles. The average molecular weight is 206 g/mol. The van der Waals surface area contributed by atoms with Gasteiger partial charge < -0.3 is 9.84 Å². The predicted octanol–water partition coefficient (Wildman–Crippen LogP) is 2.57. The first-order valence-electron chi connectivity index (χ1n) is 4.80. The molecule has 1 aromatic carbocycles. The fraction of sp³-hybridized carbons (Fsp3) is 0.250. The first-order valence-corrected chi connectivity index (χ1v) is 4.80. The molecule has 3 heteroatoms. The van der Waals surface area contributed by atoms with Gasteiger partial charge in [-0.3, -0.25) is 0 Å². The van der Waals surface area contributed by atoms with Gasteiger partial charge in [-0.2, -0.15) is 0 Å². The highest BCUT2D eigenvalue weighted by atomic mass is 16.5. The van der Waals surface area contributed by atoms with E-state index in [1.807, 2.05) is 6.92 Å². The van der Waals surface area contributed by atoms with Crippen LogP contribution in [-0.4, -0.2) is 17.7 Å². The van der Waals surface area contributed by atoms with Crippen molar-refractivity contribution in [3.63, 3.8) is 0 Å². The van der Waals surface area contributed by atoms with Crippen LogP contribution in [0.25, 0.3) is 5.57 Å². The normalized spacial score (nSPS) is 9.67. The molecule has 0 saturated heterocycles. The van der Waals surface area contributed by atoms with E-state index in [2.05, 4.69) is 6.58 Å². The summed E-state index contributed by atoms with van der Waals surface area (Å²) in [5.74, 6) is -0.334. The molecule has 0 aliphatic carbocycles. The second-order valence-electron chi connectivity index (χ2n) is 3.16. The number of rotatable bonds is 5. The van der Waals surface area contributed by atoms with Crippen LogP contribution in [0.3, 0.4) is 0 Å². The molecule has 0 fully saturated rings. The molecule has 80 valence electrons. The van der Waals surface area contributed by atoms with Crippen LogP contribution in [0, 0.1) is 0 Å². The first-order chi connectivity index (χ1) is 7.15. The molecule has 0 amide bonds. The summed E-state index contributed by atoms with van der Waals surface area (Å²) in [7, 11) is 0. The van der Waals surface area contributed by atoms with Gasteiger partial charge in [0, 0.05) is 0 Å². The van der Waals surface area contributed by atoms with E-state index in [0.717, 1.165) is 6.42 Å². The highest BCUT2D eigenvalue weighted by molar-refractivity contribution is 6.14. The van der Waals surface area contributed by atoms with Gasteiger partial charge >= 0.3 is 5.97 Å². The van der Waals surface area contributed by atoms with Crippen molar-refractivity contribution >= 4 is 11.5 Å². The fourth-order valence-electron chi connectivity index (χ4n) is 1.12. The van der Waals surface area contributed by atoms with Crippen molar-refractivity contribution in [2.75, 3.05) is 6.61 Å². The molecular formula is C12H14O3. The molecule has 0 bridgehead atoms. The Morgan fingerprint density at radius 3 is 2.87 bits per heavy atom. The Morgan fingerprint density at radius 2 is 2.27 bits per heavy atom. The van der Waals surface area contributed by atoms with Gasteiger partial charge in [-0.05, 0) is 24.1 Å². The number of carboxylic acids is 1. The second-order valence-corrected chi connectivity index (χ2v) is 3.16. The van der Waals surface area contributed by atoms with Crippen molar-refractivity contribution in [1.82, 2.24) is 0 Å². The number of ether oxygens (including phenoxy) is 1. The molecule has 0 unspecified atom stereocenters. The van der Waals surface area contributed by atoms with Gasteiger partial charge in [-0.15, -0.1) is 0 Å². The molecule has 0 spiro atoms. The maximum absolute atomic E-state index is 10.7. The summed E-state index contributed by atoms with van der Waals surface area (Å²) in [4.78, 5) is 10.7. The predicted molar refractivity (Wildman–Crippen MR) is 58.9 cm³/mol. The third-order valence-corrected chi connectivity index (χ3v) is 1.91. The van der Waals surface area contributed by atoms with Crippen molar-refractivity contribution in [2.24, 2.45) is 0 Å². The summed E-state index contributed by atoms with van der Waals surface area (Å²) in [5.41, 5.74) is 0.660. The lowest BCUT2D eigenvalue weighted by Crippen LogP contribution is -1.99. The van der Waals surface area contributed by atoms with Crippen molar-refractivity contribution < 1.29 is 14.6 Å². The monoisotopic (exact) mass is 206 g/mol. The van der Waals surface area contributed by atoms with Crippen LogP contribution in [0.15, 0.2) is 30.8 Å². The molecule has 0 aliphatic rings. The zero-order valence-electron chi connectivity index (χ0n) is 8.69. The first kappa shape index (κ1) is 11.3. The van der Waals surface area contributed by atoms with Gasteiger partial charge in [-0.1, -0.05) is 25.6 Å². The van der Waals surface area contributed by atoms with Gasteiger partial charge in [0.05, 0.1) is 12.2 Å². The SMILES string of the molecule is C=C(C(=O)O)c1cccc(OCCC)c1. The van der Waals surface area contributed by atoms with E-state index in [1.165, 1.54) is 0 Å². The van der Waals surface area contributed by atoms with Crippen LogP contribution < -0.4 is 4.74 Å². The molecule has 0 aliphatic heterocycles. The standard InChI is InChI=1S/C12H14O3/c1-3-7-15-11-6-4-5-10(8-11)9(2)12(13)14/h4-6,8H,2-3,7H2,1H3,(H,13,14). The third kappa shape index (κ3) is 3.13. The Balaban J connectivity index is 2.82. The van der Waals surface area contributed by atoms with Gasteiger partial charge in [0.25, 0.3) is 0 Å². The highest BCUT2D eigenvalue weighted by Crippen LogP contribution is 2.19. The van der Waals surface area contributed by atoms with E-state index in [9.17, 15) is 4.79 Å². The maximum Gasteiger partial charge on any atom is 0.335 e. The summed E-state index contributed by atoms with van der Waals surface area (Å²) >= 11 is 0. The summed E-state index contributed by atoms with van der Waals surface area (Å²) in [5, 5.41) is 8.76. The lowest BCUT2D eigenvalue weighted by molar-refractivity contribution is -0.130. The summed E-state index contributed by atoms with van der Waals surface area (Å²) in [6.07, 6.45) is 0.921. The minimum Gasteiger partial charge on any atom is -0.494 e. The van der Waals surface area contributed by atoms with Crippen molar-refractivity contribution in [2.45, 2.75) is 13.3 Å². The van der Waals surface area contributed by atoms with Crippen molar-refractivity contribution in [3.05, 3.63) is 36.4 Å². The van der Waals surface area contributed by atoms with E-state index in [-0.39, 0.29) is 5.57 Å². The Bertz CT molecular complexity index is 369. The van der Waals surface area contributed by atoms with Crippen LogP contribution in [-0.2, 0) is 4.79 Å². The third-order valence-electron chi connectivity index (χ3n) is 1.91. The Morgan fingerprint density at radius 1 is 1.53 bits per heavy atom. The minimum atomic E-state index is -1.01. The van der Waals surface area contributed by atoms with Crippen LogP contribution in [0.4, 0.5) is 0 Å². The lowest BCUT2D eigenvalue weighted by atomic mass is 10.1. The number of carboxylic acid groups (broad SMARTS) is 1. The van der Waals surface area contributed by atoms with Crippen molar-refractivity contribution in [3.8, 4) is 5.75 Å². The Labute approximate surface area is 89.0 Å². The van der Waals surface area contributed by atoms with Gasteiger partial charge in [0.15, 0.2) is 0 Å². The van der Waals surface area contributed by atoms with Gasteiger partial charge in [-0.25, -0.2) is 4.79 Å². The fourth-order valence-corrected chi connectivity index (χ4v) is 1.12. The Kier molecular flexibility index (Phi) is 3.92. The van der Waals surface area contributed by atoms with Gasteiger partial charge in [0.1, 0.15) is 5.75 Å². The quantitative estimate of drug-likeness (QED) is 0.753. The summed E-state index contributed by atoms with van der Waals surface area (Å²) < 4.78 is 5.39. The van der Waals surface area contributed by atoms with Crippen LogP contribution in [0.5, 0.6) is 5.75 Å². The molecule has 1 N–H and O–H groups in total. The number of hydrogen-bond donors (Lipinski definition) is 1. The second kappa shape index (κ2) is 5.20. The molecule has 15 heavy (non-hydrogen) atoms. The van der Waals surface area contributed by atoms with Crippen LogP contribution in [0.2, 0.25) is 0 Å². The zero-order valence-corrected chi connectivity index (χ0v) is 8.69. The van der Waals surface area contributed by atoms with Crippen LogP contribution in [0.1, 0.15) is 18.9 Å². The van der Waals surface area contributed by atoms with E-state index in [1.54, 1.807) is 24.3 Å². The van der Waals surface area contributed by atoms with E-state index < -0.39 is 5.97 Å². The molecular weight excluding hydrogens is 192 g/mol. The number of hydrogen-bond acceptors (Lipinski definition) is 2. The topological polar surface area (TPSA) is 46.5 Å². The average Bonchev–Trinajstić information content (AvgIpc) is 2.25. The number of benzene rings is 1. The maximum atomic E-state index is 10.7. The lowest BCUT2D eigenvalue weighted by Gasteiger charge is -2.06. The summed E-state index contributed by atoms with van der Waals surface area (Å²) in [6, 6.07) is 6.95. The molecule has 0 radical (unpaired) electrons. The minimum absolute atomic E-state index is 0.0805. The molecule has 3 nitrogen and oxygen atoms in total. The van der Waals surface area contributed by atoms with E-state index in [4.69, 9.17) is 9.84 Å². The molecule has 0 aromatic heterocycles.